The molecular formula is C22H35N5O5S. The van der Waals surface area contributed by atoms with Crippen molar-refractivity contribution in [2.45, 2.75) is 45.1 Å². The largest absolute Gasteiger partial charge is 0.495 e. The Kier molecular flexibility index (Phi) is 8.69. The standard InChI is InChI=1S/C22H35N5O5S/c1-17(28)23-18-9-10-21(32-3)20(15-18)24-22(29)16-26-11-13-27(14-12-26)33(30,31)25(2)19-7-5-4-6-8-19/h9-10,15,19H,4-8,11-14,16H2,1-3H3,(H,23,28)(H,24,29). The SMILES string of the molecule is COc1ccc(NC(C)=O)cc1NC(=O)CN1CCN(S(=O)(=O)N(C)C2CCCCC2)CC1. The number of ether oxygens (including phenoxy) is 1. The fraction of sp³-hybridized carbons (Fsp3) is 0.636. The number of benzene rings is 1. The summed E-state index contributed by atoms with van der Waals surface area (Å²) in [5.41, 5.74) is 1.02. The molecule has 1 aromatic carbocycles. The van der Waals surface area contributed by atoms with Gasteiger partial charge < -0.3 is 15.4 Å². The van der Waals surface area contributed by atoms with Crippen molar-refractivity contribution in [3.63, 3.8) is 0 Å². The van der Waals surface area contributed by atoms with Gasteiger partial charge in [0, 0.05) is 51.9 Å². The molecule has 1 aromatic rings. The van der Waals surface area contributed by atoms with Crippen molar-refractivity contribution in [3.05, 3.63) is 18.2 Å². The molecule has 2 N–H and O–H groups in total. The molecule has 1 saturated heterocycles. The predicted molar refractivity (Wildman–Crippen MR) is 127 cm³/mol. The summed E-state index contributed by atoms with van der Waals surface area (Å²) in [7, 11) is -0.302. The smallest absolute Gasteiger partial charge is 0.282 e. The van der Waals surface area contributed by atoms with E-state index in [-0.39, 0.29) is 24.4 Å². The van der Waals surface area contributed by atoms with Crippen LogP contribution in [0.4, 0.5) is 11.4 Å². The van der Waals surface area contributed by atoms with E-state index in [9.17, 15) is 18.0 Å². The van der Waals surface area contributed by atoms with Crippen molar-refractivity contribution in [2.75, 3.05) is 57.5 Å². The number of piperazine rings is 1. The zero-order valence-electron chi connectivity index (χ0n) is 19.7. The van der Waals surface area contributed by atoms with E-state index in [1.165, 1.54) is 24.8 Å². The lowest BCUT2D eigenvalue weighted by atomic mass is 9.96. The molecule has 3 rings (SSSR count). The van der Waals surface area contributed by atoms with E-state index in [1.807, 2.05) is 4.90 Å². The molecule has 11 heteroatoms. The van der Waals surface area contributed by atoms with E-state index in [2.05, 4.69) is 10.6 Å². The third-order valence-electron chi connectivity index (χ3n) is 6.27. The maximum atomic E-state index is 13.0. The van der Waals surface area contributed by atoms with E-state index in [4.69, 9.17) is 4.74 Å². The Balaban J connectivity index is 1.53. The Bertz CT molecular complexity index is 940. The number of carbonyl (C=O) groups excluding carboxylic acids is 2. The topological polar surface area (TPSA) is 111 Å². The van der Waals surface area contributed by atoms with Crippen LogP contribution < -0.4 is 15.4 Å². The molecule has 0 unspecified atom stereocenters. The number of nitrogens with zero attached hydrogens (tertiary/aromatic N) is 3. The zero-order chi connectivity index (χ0) is 24.0. The van der Waals surface area contributed by atoms with Crippen molar-refractivity contribution >= 4 is 33.4 Å². The first kappa shape index (κ1) is 25.4. The highest BCUT2D eigenvalue weighted by atomic mass is 32.2. The average Bonchev–Trinajstić information content (AvgIpc) is 2.79. The fourth-order valence-electron chi connectivity index (χ4n) is 4.41. The molecule has 0 radical (unpaired) electrons. The molecule has 2 fully saturated rings. The summed E-state index contributed by atoms with van der Waals surface area (Å²) >= 11 is 0. The molecule has 0 aromatic heterocycles. The number of amides is 2. The molecule has 10 nitrogen and oxygen atoms in total. The molecule has 1 aliphatic heterocycles. The van der Waals surface area contributed by atoms with Crippen LogP contribution in [0.1, 0.15) is 39.0 Å². The van der Waals surface area contributed by atoms with Crippen LogP contribution in [0, 0.1) is 0 Å². The third kappa shape index (κ3) is 6.66. The van der Waals surface area contributed by atoms with Gasteiger partial charge in [-0.25, -0.2) is 0 Å². The summed E-state index contributed by atoms with van der Waals surface area (Å²) in [4.78, 5) is 25.9. The number of carbonyl (C=O) groups is 2. The number of rotatable bonds is 8. The second-order valence-electron chi connectivity index (χ2n) is 8.64. The van der Waals surface area contributed by atoms with Crippen LogP contribution >= 0.6 is 0 Å². The summed E-state index contributed by atoms with van der Waals surface area (Å²) in [6.45, 7) is 3.22. The minimum absolute atomic E-state index is 0.0794. The highest BCUT2D eigenvalue weighted by Crippen LogP contribution is 2.28. The number of hydrogen-bond acceptors (Lipinski definition) is 6. The first-order chi connectivity index (χ1) is 15.7. The lowest BCUT2D eigenvalue weighted by Gasteiger charge is -2.38. The van der Waals surface area contributed by atoms with Gasteiger partial charge in [0.15, 0.2) is 0 Å². The summed E-state index contributed by atoms with van der Waals surface area (Å²) in [6.07, 6.45) is 5.16. The molecule has 0 spiro atoms. The van der Waals surface area contributed by atoms with E-state index in [1.54, 1.807) is 29.6 Å². The summed E-state index contributed by atoms with van der Waals surface area (Å²) in [5, 5.41) is 5.51. The quantitative estimate of drug-likeness (QED) is 0.585. The van der Waals surface area contributed by atoms with Crippen LogP contribution in [0.15, 0.2) is 18.2 Å². The number of methoxy groups -OCH3 is 1. The maximum absolute atomic E-state index is 13.0. The second kappa shape index (κ2) is 11.3. The summed E-state index contributed by atoms with van der Waals surface area (Å²) in [6, 6.07) is 5.09. The van der Waals surface area contributed by atoms with Gasteiger partial charge in [-0.05, 0) is 31.0 Å². The minimum Gasteiger partial charge on any atom is -0.495 e. The maximum Gasteiger partial charge on any atom is 0.282 e. The highest BCUT2D eigenvalue weighted by molar-refractivity contribution is 7.86. The van der Waals surface area contributed by atoms with Crippen molar-refractivity contribution in [3.8, 4) is 5.75 Å². The Hall–Kier alpha value is -2.21. The molecule has 33 heavy (non-hydrogen) atoms. The summed E-state index contributed by atoms with van der Waals surface area (Å²) in [5.74, 6) is 0.0439. The Morgan fingerprint density at radius 1 is 1.09 bits per heavy atom. The molecular weight excluding hydrogens is 446 g/mol. The highest BCUT2D eigenvalue weighted by Gasteiger charge is 2.34. The Labute approximate surface area is 196 Å². The van der Waals surface area contributed by atoms with Crippen LogP contribution in [0.3, 0.4) is 0 Å². The first-order valence-electron chi connectivity index (χ1n) is 11.4. The molecule has 0 bridgehead atoms. The number of hydrogen-bond donors (Lipinski definition) is 2. The van der Waals surface area contributed by atoms with Crippen LogP contribution in [-0.2, 0) is 19.8 Å². The molecule has 1 heterocycles. The van der Waals surface area contributed by atoms with E-state index < -0.39 is 10.2 Å². The van der Waals surface area contributed by atoms with Crippen LogP contribution in [0.2, 0.25) is 0 Å². The molecule has 1 aliphatic carbocycles. The number of anilines is 2. The second-order valence-corrected chi connectivity index (χ2v) is 10.6. The van der Waals surface area contributed by atoms with Gasteiger partial charge in [-0.3, -0.25) is 14.5 Å². The van der Waals surface area contributed by atoms with Gasteiger partial charge in [0.2, 0.25) is 11.8 Å². The van der Waals surface area contributed by atoms with Gasteiger partial charge >= 0.3 is 0 Å². The van der Waals surface area contributed by atoms with Crippen LogP contribution in [0.5, 0.6) is 5.75 Å². The first-order valence-corrected chi connectivity index (χ1v) is 12.8. The number of nitrogens with one attached hydrogen (secondary N) is 2. The van der Waals surface area contributed by atoms with Gasteiger partial charge in [-0.2, -0.15) is 17.0 Å². The van der Waals surface area contributed by atoms with Crippen molar-refractivity contribution in [1.29, 1.82) is 0 Å². The molecule has 0 atom stereocenters. The molecule has 2 amide bonds. The van der Waals surface area contributed by atoms with Gasteiger partial charge in [0.1, 0.15) is 5.75 Å². The van der Waals surface area contributed by atoms with Crippen LogP contribution in [-0.4, -0.2) is 86.7 Å². The van der Waals surface area contributed by atoms with Crippen molar-refractivity contribution in [1.82, 2.24) is 13.5 Å². The monoisotopic (exact) mass is 481 g/mol. The third-order valence-corrected chi connectivity index (χ3v) is 8.32. The van der Waals surface area contributed by atoms with Gasteiger partial charge in [-0.1, -0.05) is 19.3 Å². The van der Waals surface area contributed by atoms with E-state index >= 15 is 0 Å². The van der Waals surface area contributed by atoms with Crippen LogP contribution in [0.25, 0.3) is 0 Å². The Morgan fingerprint density at radius 2 is 1.76 bits per heavy atom. The lowest BCUT2D eigenvalue weighted by Crippen LogP contribution is -2.55. The van der Waals surface area contributed by atoms with E-state index in [0.717, 1.165) is 25.7 Å². The normalized spacial score (nSPS) is 18.8. The molecule has 1 saturated carbocycles. The fourth-order valence-corrected chi connectivity index (χ4v) is 5.99. The predicted octanol–water partition coefficient (Wildman–Crippen LogP) is 1.72. The average molecular weight is 482 g/mol. The van der Waals surface area contributed by atoms with Gasteiger partial charge in [-0.15, -0.1) is 0 Å². The van der Waals surface area contributed by atoms with Gasteiger partial charge in [0.25, 0.3) is 10.2 Å². The zero-order valence-corrected chi connectivity index (χ0v) is 20.5. The van der Waals surface area contributed by atoms with E-state index in [0.29, 0.717) is 43.3 Å². The molecule has 184 valence electrons. The van der Waals surface area contributed by atoms with Gasteiger partial charge in [0.05, 0.1) is 19.3 Å². The molecule has 2 aliphatic rings. The summed E-state index contributed by atoms with van der Waals surface area (Å²) < 4.78 is 34.5. The Morgan fingerprint density at radius 3 is 2.36 bits per heavy atom. The van der Waals surface area contributed by atoms with Crippen molar-refractivity contribution < 1.29 is 22.7 Å². The lowest BCUT2D eigenvalue weighted by molar-refractivity contribution is -0.117. The van der Waals surface area contributed by atoms with Crippen molar-refractivity contribution in [2.24, 2.45) is 0 Å². The minimum atomic E-state index is -3.50.